The van der Waals surface area contributed by atoms with E-state index in [1.807, 2.05) is 0 Å². The molecule has 0 bridgehead atoms. The Labute approximate surface area is 116 Å². The predicted molar refractivity (Wildman–Crippen MR) is 69.6 cm³/mol. The molecule has 108 valence electrons. The second-order valence-electron chi connectivity index (χ2n) is 3.83. The fourth-order valence-corrected chi connectivity index (χ4v) is 3.13. The van der Waals surface area contributed by atoms with Crippen LogP contribution in [0.1, 0.15) is 12.5 Å². The number of carbonyl (C=O) groups excluding carboxylic acids is 1. The fourth-order valence-electron chi connectivity index (χ4n) is 1.57. The van der Waals surface area contributed by atoms with Crippen LogP contribution < -0.4 is 5.32 Å². The quantitative estimate of drug-likeness (QED) is 0.855. The molecular weight excluding hydrogens is 285 g/mol. The minimum absolute atomic E-state index is 0.0249. The van der Waals surface area contributed by atoms with Gasteiger partial charge in [0.05, 0.1) is 6.54 Å². The normalized spacial score (nSPS) is 11.2. The molecule has 1 aromatic carbocycles. The van der Waals surface area contributed by atoms with Crippen LogP contribution in [0.4, 0.5) is 4.39 Å². The maximum Gasteiger partial charge on any atom is 0.244 e. The number of carbonyl (C=O) groups is 1. The third kappa shape index (κ3) is 3.12. The first-order valence-corrected chi connectivity index (χ1v) is 7.21. The topological polar surface area (TPSA) is 90.3 Å². The Balaban J connectivity index is 3.32. The standard InChI is InChI=1S/C12H14FN3O3S/c1-3-16(8-12(17)15-2)20(18,19)11-6-4-5-10(13)9(11)7-14/h4-6H,3,8H2,1-2H3,(H,15,17). The Kier molecular flexibility index (Phi) is 5.19. The second kappa shape index (κ2) is 6.45. The lowest BCUT2D eigenvalue weighted by molar-refractivity contribution is -0.120. The molecule has 0 atom stereocenters. The summed E-state index contributed by atoms with van der Waals surface area (Å²) in [6, 6.07) is 4.89. The van der Waals surface area contributed by atoms with Crippen molar-refractivity contribution in [2.24, 2.45) is 0 Å². The van der Waals surface area contributed by atoms with Gasteiger partial charge in [-0.2, -0.15) is 9.57 Å². The molecule has 0 saturated heterocycles. The average Bonchev–Trinajstić information content (AvgIpc) is 2.43. The number of halogens is 1. The summed E-state index contributed by atoms with van der Waals surface area (Å²) in [4.78, 5) is 10.9. The number of hydrogen-bond acceptors (Lipinski definition) is 4. The van der Waals surface area contributed by atoms with Crippen molar-refractivity contribution in [1.82, 2.24) is 9.62 Å². The van der Waals surface area contributed by atoms with Crippen molar-refractivity contribution in [3.8, 4) is 6.07 Å². The van der Waals surface area contributed by atoms with Gasteiger partial charge in [0, 0.05) is 13.6 Å². The number of likely N-dealkylation sites (N-methyl/N-ethyl adjacent to an activating group) is 2. The SMILES string of the molecule is CCN(CC(=O)NC)S(=O)(=O)c1cccc(F)c1C#N. The maximum atomic E-state index is 13.5. The molecule has 1 amide bonds. The van der Waals surface area contributed by atoms with Gasteiger partial charge in [0.2, 0.25) is 15.9 Å². The molecule has 0 aromatic heterocycles. The minimum Gasteiger partial charge on any atom is -0.358 e. The van der Waals surface area contributed by atoms with E-state index in [4.69, 9.17) is 5.26 Å². The Morgan fingerprint density at radius 1 is 1.50 bits per heavy atom. The summed E-state index contributed by atoms with van der Waals surface area (Å²) >= 11 is 0. The van der Waals surface area contributed by atoms with Gasteiger partial charge in [-0.1, -0.05) is 13.0 Å². The smallest absolute Gasteiger partial charge is 0.244 e. The van der Waals surface area contributed by atoms with Crippen LogP contribution in [0.2, 0.25) is 0 Å². The summed E-state index contributed by atoms with van der Waals surface area (Å²) in [5, 5.41) is 11.2. The molecule has 6 nitrogen and oxygen atoms in total. The van der Waals surface area contributed by atoms with Crippen molar-refractivity contribution in [1.29, 1.82) is 5.26 Å². The van der Waals surface area contributed by atoms with E-state index in [1.54, 1.807) is 6.92 Å². The zero-order valence-electron chi connectivity index (χ0n) is 11.1. The zero-order valence-corrected chi connectivity index (χ0v) is 11.9. The monoisotopic (exact) mass is 299 g/mol. The number of amides is 1. The number of nitrogens with zero attached hydrogens (tertiary/aromatic N) is 2. The van der Waals surface area contributed by atoms with Crippen molar-refractivity contribution in [3.63, 3.8) is 0 Å². The molecule has 0 radical (unpaired) electrons. The first kappa shape index (κ1) is 16.1. The number of nitrogens with one attached hydrogen (secondary N) is 1. The number of rotatable bonds is 5. The van der Waals surface area contributed by atoms with Gasteiger partial charge in [0.15, 0.2) is 0 Å². The Hall–Kier alpha value is -1.98. The van der Waals surface area contributed by atoms with Crippen LogP contribution in [0.15, 0.2) is 23.1 Å². The summed E-state index contributed by atoms with van der Waals surface area (Å²) in [5.41, 5.74) is -0.553. The lowest BCUT2D eigenvalue weighted by atomic mass is 10.2. The van der Waals surface area contributed by atoms with Crippen LogP contribution >= 0.6 is 0 Å². The van der Waals surface area contributed by atoms with Crippen LogP contribution in [-0.2, 0) is 14.8 Å². The third-order valence-corrected chi connectivity index (χ3v) is 4.62. The molecule has 8 heteroatoms. The largest absolute Gasteiger partial charge is 0.358 e. The van der Waals surface area contributed by atoms with Crippen molar-refractivity contribution < 1.29 is 17.6 Å². The van der Waals surface area contributed by atoms with Crippen molar-refractivity contribution in [2.45, 2.75) is 11.8 Å². The highest BCUT2D eigenvalue weighted by atomic mass is 32.2. The zero-order chi connectivity index (χ0) is 15.3. The minimum atomic E-state index is -4.11. The van der Waals surface area contributed by atoms with Crippen LogP contribution in [0.3, 0.4) is 0 Å². The Bertz CT molecular complexity index is 652. The number of nitriles is 1. The first-order valence-electron chi connectivity index (χ1n) is 5.77. The highest BCUT2D eigenvalue weighted by Crippen LogP contribution is 2.21. The summed E-state index contributed by atoms with van der Waals surface area (Å²) in [6.07, 6.45) is 0. The van der Waals surface area contributed by atoms with E-state index in [-0.39, 0.29) is 6.54 Å². The highest BCUT2D eigenvalue weighted by Gasteiger charge is 2.28. The van der Waals surface area contributed by atoms with E-state index >= 15 is 0 Å². The molecule has 20 heavy (non-hydrogen) atoms. The van der Waals surface area contributed by atoms with E-state index in [1.165, 1.54) is 19.2 Å². The van der Waals surface area contributed by atoms with Crippen LogP contribution in [-0.4, -0.2) is 38.8 Å². The van der Waals surface area contributed by atoms with Crippen LogP contribution in [0.5, 0.6) is 0 Å². The van der Waals surface area contributed by atoms with E-state index < -0.39 is 38.8 Å². The molecule has 1 aromatic rings. The van der Waals surface area contributed by atoms with Crippen molar-refractivity contribution in [3.05, 3.63) is 29.6 Å². The molecule has 0 aliphatic heterocycles. The third-order valence-electron chi connectivity index (χ3n) is 2.66. The van der Waals surface area contributed by atoms with Crippen molar-refractivity contribution in [2.75, 3.05) is 20.1 Å². The number of hydrogen-bond donors (Lipinski definition) is 1. The van der Waals surface area contributed by atoms with Gasteiger partial charge < -0.3 is 5.32 Å². The molecule has 0 unspecified atom stereocenters. The average molecular weight is 299 g/mol. The summed E-state index contributed by atoms with van der Waals surface area (Å²) in [6.45, 7) is 1.18. The van der Waals surface area contributed by atoms with E-state index in [0.717, 1.165) is 16.4 Å². The van der Waals surface area contributed by atoms with Crippen LogP contribution in [0.25, 0.3) is 0 Å². The lowest BCUT2D eigenvalue weighted by Crippen LogP contribution is -2.39. The van der Waals surface area contributed by atoms with Gasteiger partial charge in [-0.3, -0.25) is 4.79 Å². The molecular formula is C12H14FN3O3S. The molecule has 0 fully saturated rings. The molecule has 0 aliphatic carbocycles. The summed E-state index contributed by atoms with van der Waals surface area (Å²) in [5.74, 6) is -1.41. The second-order valence-corrected chi connectivity index (χ2v) is 5.74. The molecule has 0 aliphatic rings. The first-order chi connectivity index (χ1) is 9.38. The fraction of sp³-hybridized carbons (Fsp3) is 0.333. The van der Waals surface area contributed by atoms with Gasteiger partial charge in [-0.15, -0.1) is 0 Å². The van der Waals surface area contributed by atoms with Gasteiger partial charge >= 0.3 is 0 Å². The predicted octanol–water partition coefficient (Wildman–Crippen LogP) is 0.454. The Morgan fingerprint density at radius 3 is 2.65 bits per heavy atom. The summed E-state index contributed by atoms with van der Waals surface area (Å²) in [7, 11) is -2.73. The highest BCUT2D eigenvalue weighted by molar-refractivity contribution is 7.89. The summed E-state index contributed by atoms with van der Waals surface area (Å²) < 4.78 is 39.1. The lowest BCUT2D eigenvalue weighted by Gasteiger charge is -2.20. The van der Waals surface area contributed by atoms with Gasteiger partial charge in [-0.25, -0.2) is 12.8 Å². The molecule has 0 saturated carbocycles. The van der Waals surface area contributed by atoms with E-state index in [2.05, 4.69) is 5.32 Å². The molecule has 0 spiro atoms. The van der Waals surface area contributed by atoms with Crippen LogP contribution in [0, 0.1) is 17.1 Å². The molecule has 1 N–H and O–H groups in total. The molecule has 0 heterocycles. The Morgan fingerprint density at radius 2 is 2.15 bits per heavy atom. The van der Waals surface area contributed by atoms with Crippen molar-refractivity contribution >= 4 is 15.9 Å². The van der Waals surface area contributed by atoms with Gasteiger partial charge in [-0.05, 0) is 12.1 Å². The molecule has 1 rings (SSSR count). The maximum absolute atomic E-state index is 13.5. The van der Waals surface area contributed by atoms with Gasteiger partial charge in [0.1, 0.15) is 22.3 Å². The van der Waals surface area contributed by atoms with Gasteiger partial charge in [0.25, 0.3) is 0 Å². The van der Waals surface area contributed by atoms with E-state index in [0.29, 0.717) is 0 Å². The number of benzene rings is 1. The van der Waals surface area contributed by atoms with E-state index in [9.17, 15) is 17.6 Å². The number of sulfonamides is 1.